The van der Waals surface area contributed by atoms with Crippen molar-refractivity contribution in [3.05, 3.63) is 29.8 Å². The molecule has 0 aromatic heterocycles. The molecule has 1 heterocycles. The fourth-order valence-electron chi connectivity index (χ4n) is 2.05. The van der Waals surface area contributed by atoms with Crippen LogP contribution >= 0.6 is 11.8 Å². The fourth-order valence-corrected chi connectivity index (χ4v) is 2.74. The predicted octanol–water partition coefficient (Wildman–Crippen LogP) is 1.49. The van der Waals surface area contributed by atoms with E-state index < -0.39 is 12.0 Å². The van der Waals surface area contributed by atoms with Gasteiger partial charge < -0.3 is 15.7 Å². The number of rotatable bonds is 5. The number of thioether (sulfide) groups is 1. The van der Waals surface area contributed by atoms with E-state index in [1.807, 2.05) is 0 Å². The third-order valence-corrected chi connectivity index (χ3v) is 4.06. The maximum atomic E-state index is 11.9. The first-order chi connectivity index (χ1) is 10.5. The van der Waals surface area contributed by atoms with Crippen LogP contribution in [0.25, 0.3) is 0 Å². The molecule has 0 bridgehead atoms. The van der Waals surface area contributed by atoms with Crippen LogP contribution in [0, 0.1) is 0 Å². The fraction of sp³-hybridized carbons (Fsp3) is 0.357. The van der Waals surface area contributed by atoms with E-state index in [1.165, 1.54) is 11.8 Å². The summed E-state index contributed by atoms with van der Waals surface area (Å²) in [5.74, 6) is -0.543. The molecule has 1 aromatic rings. The smallest absolute Gasteiger partial charge is 0.326 e. The molecule has 22 heavy (non-hydrogen) atoms. The maximum Gasteiger partial charge on any atom is 0.326 e. The molecular weight excluding hydrogens is 306 g/mol. The Balaban J connectivity index is 1.79. The zero-order chi connectivity index (χ0) is 16.1. The number of benzene rings is 1. The van der Waals surface area contributed by atoms with Crippen LogP contribution in [0.2, 0.25) is 0 Å². The number of carbonyl (C=O) groups is 3. The monoisotopic (exact) mass is 323 g/mol. The Morgan fingerprint density at radius 1 is 1.41 bits per heavy atom. The van der Waals surface area contributed by atoms with Crippen molar-refractivity contribution in [3.8, 4) is 0 Å². The van der Waals surface area contributed by atoms with Crippen molar-refractivity contribution < 1.29 is 19.5 Å². The van der Waals surface area contributed by atoms with Crippen molar-refractivity contribution >= 4 is 29.8 Å². The van der Waals surface area contributed by atoms with E-state index in [0.29, 0.717) is 12.4 Å². The Morgan fingerprint density at radius 2 is 2.09 bits per heavy atom. The van der Waals surface area contributed by atoms with E-state index in [1.54, 1.807) is 31.2 Å². The number of hydrogen-bond acceptors (Lipinski definition) is 4. The molecule has 1 atom stereocenters. The molecule has 1 aliphatic rings. The van der Waals surface area contributed by atoms with Crippen LogP contribution < -0.4 is 10.6 Å². The minimum absolute atomic E-state index is 0.0103. The Hall–Kier alpha value is -2.22. The van der Waals surface area contributed by atoms with Crippen LogP contribution in [0.5, 0.6) is 0 Å². The number of carboxylic acids is 1. The molecule has 3 N–H and O–H groups in total. The lowest BCUT2D eigenvalue weighted by Gasteiger charge is -2.18. The second-order valence-corrected chi connectivity index (χ2v) is 5.94. The molecule has 0 saturated carbocycles. The maximum absolute atomic E-state index is 11.9. The predicted molar refractivity (Wildman–Crippen MR) is 81.7 cm³/mol. The lowest BCUT2D eigenvalue weighted by Crippen LogP contribution is -2.44. The number of nitrogens with one attached hydrogen (secondary N) is 2. The Kier molecular flexibility index (Phi) is 5.26. The highest BCUT2D eigenvalue weighted by atomic mass is 32.2. The van der Waals surface area contributed by atoms with Crippen LogP contribution in [0.1, 0.15) is 12.5 Å². The van der Waals surface area contributed by atoms with Gasteiger partial charge in [-0.25, -0.2) is 14.5 Å². The number of hydrogen-bond donors (Lipinski definition) is 3. The van der Waals surface area contributed by atoms with Gasteiger partial charge in [-0.1, -0.05) is 12.1 Å². The molecule has 0 spiro atoms. The topological polar surface area (TPSA) is 98.7 Å². The van der Waals surface area contributed by atoms with Crippen molar-refractivity contribution in [2.45, 2.75) is 24.3 Å². The van der Waals surface area contributed by atoms with Gasteiger partial charge in [0.15, 0.2) is 0 Å². The molecular formula is C14H17N3O4S. The standard InChI is InChI=1S/C14H17N3O4S/c1-9-7-15-13(20)17(9)14(21)16-8-22-11-4-2-10(3-5-11)6-12(18)19/h2-5,9H,6-8H2,1H3,(H,15,20)(H,16,21)(H,18,19). The third kappa shape index (κ3) is 4.14. The first-order valence-corrected chi connectivity index (χ1v) is 7.74. The zero-order valence-corrected chi connectivity index (χ0v) is 12.9. The molecule has 1 unspecified atom stereocenters. The summed E-state index contributed by atoms with van der Waals surface area (Å²) in [7, 11) is 0. The van der Waals surface area contributed by atoms with E-state index in [4.69, 9.17) is 5.11 Å². The largest absolute Gasteiger partial charge is 0.481 e. The number of aliphatic carboxylic acids is 1. The van der Waals surface area contributed by atoms with Crippen molar-refractivity contribution in [2.24, 2.45) is 0 Å². The van der Waals surface area contributed by atoms with E-state index in [0.717, 1.165) is 15.4 Å². The highest BCUT2D eigenvalue weighted by molar-refractivity contribution is 7.99. The van der Waals surface area contributed by atoms with Gasteiger partial charge in [0.25, 0.3) is 0 Å². The molecule has 4 amide bonds. The van der Waals surface area contributed by atoms with Gasteiger partial charge in [-0.05, 0) is 24.6 Å². The third-order valence-electron chi connectivity index (χ3n) is 3.17. The minimum Gasteiger partial charge on any atom is -0.481 e. The van der Waals surface area contributed by atoms with Crippen molar-refractivity contribution in [3.63, 3.8) is 0 Å². The number of carbonyl (C=O) groups excluding carboxylic acids is 2. The highest BCUT2D eigenvalue weighted by Crippen LogP contribution is 2.18. The molecule has 1 fully saturated rings. The van der Waals surface area contributed by atoms with Crippen molar-refractivity contribution in [1.29, 1.82) is 0 Å². The summed E-state index contributed by atoms with van der Waals surface area (Å²) in [6.07, 6.45) is -0.0103. The summed E-state index contributed by atoms with van der Waals surface area (Å²) >= 11 is 1.40. The number of amides is 4. The molecule has 1 aromatic carbocycles. The molecule has 2 rings (SSSR count). The van der Waals surface area contributed by atoms with E-state index in [2.05, 4.69) is 10.6 Å². The quantitative estimate of drug-likeness (QED) is 0.563. The lowest BCUT2D eigenvalue weighted by molar-refractivity contribution is -0.136. The van der Waals surface area contributed by atoms with Crippen LogP contribution in [0.15, 0.2) is 29.2 Å². The van der Waals surface area contributed by atoms with Crippen molar-refractivity contribution in [1.82, 2.24) is 15.5 Å². The highest BCUT2D eigenvalue weighted by Gasteiger charge is 2.32. The van der Waals surface area contributed by atoms with Gasteiger partial charge in [-0.2, -0.15) is 0 Å². The van der Waals surface area contributed by atoms with Crippen LogP contribution in [0.4, 0.5) is 9.59 Å². The Labute approximate surface area is 132 Å². The summed E-state index contributed by atoms with van der Waals surface area (Å²) in [4.78, 5) is 36.1. The van der Waals surface area contributed by atoms with E-state index in [9.17, 15) is 14.4 Å². The summed E-state index contributed by atoms with van der Waals surface area (Å²) < 4.78 is 0. The minimum atomic E-state index is -0.870. The van der Waals surface area contributed by atoms with Crippen LogP contribution in [0.3, 0.4) is 0 Å². The first-order valence-electron chi connectivity index (χ1n) is 6.76. The van der Waals surface area contributed by atoms with Crippen molar-refractivity contribution in [2.75, 3.05) is 12.4 Å². The molecule has 8 heteroatoms. The second kappa shape index (κ2) is 7.17. The number of urea groups is 2. The molecule has 7 nitrogen and oxygen atoms in total. The number of nitrogens with zero attached hydrogens (tertiary/aromatic N) is 1. The summed E-state index contributed by atoms with van der Waals surface area (Å²) in [6.45, 7) is 2.26. The Bertz CT molecular complexity index is 576. The van der Waals surface area contributed by atoms with E-state index >= 15 is 0 Å². The SMILES string of the molecule is CC1CNC(=O)N1C(=O)NCSc1ccc(CC(=O)O)cc1. The number of imide groups is 1. The average molecular weight is 323 g/mol. The lowest BCUT2D eigenvalue weighted by atomic mass is 10.2. The summed E-state index contributed by atoms with van der Waals surface area (Å²) in [5.41, 5.74) is 0.725. The Morgan fingerprint density at radius 3 is 2.64 bits per heavy atom. The summed E-state index contributed by atoms with van der Waals surface area (Å²) in [5, 5.41) is 14.0. The molecule has 1 saturated heterocycles. The van der Waals surface area contributed by atoms with E-state index in [-0.39, 0.29) is 18.5 Å². The second-order valence-electron chi connectivity index (χ2n) is 4.89. The van der Waals surface area contributed by atoms with Gasteiger partial charge in [0.1, 0.15) is 0 Å². The van der Waals surface area contributed by atoms with Crippen LogP contribution in [-0.4, -0.2) is 46.5 Å². The molecule has 0 radical (unpaired) electrons. The summed E-state index contributed by atoms with van der Waals surface area (Å²) in [6, 6.07) is 6.14. The molecule has 1 aliphatic heterocycles. The van der Waals surface area contributed by atoms with Gasteiger partial charge in [0.2, 0.25) is 0 Å². The van der Waals surface area contributed by atoms with Gasteiger partial charge in [-0.15, -0.1) is 11.8 Å². The first kappa shape index (κ1) is 16.2. The normalized spacial score (nSPS) is 17.2. The van der Waals surface area contributed by atoms with Gasteiger partial charge >= 0.3 is 18.0 Å². The van der Waals surface area contributed by atoms with Gasteiger partial charge in [-0.3, -0.25) is 4.79 Å². The molecule has 118 valence electrons. The van der Waals surface area contributed by atoms with Gasteiger partial charge in [0, 0.05) is 11.4 Å². The number of carboxylic acid groups (broad SMARTS) is 1. The zero-order valence-electron chi connectivity index (χ0n) is 12.0. The average Bonchev–Trinajstić information content (AvgIpc) is 2.79. The molecule has 0 aliphatic carbocycles. The van der Waals surface area contributed by atoms with Crippen LogP contribution in [-0.2, 0) is 11.2 Å². The van der Waals surface area contributed by atoms with Gasteiger partial charge in [0.05, 0.1) is 18.3 Å².